The molecule has 0 unspecified atom stereocenters. The van der Waals surface area contributed by atoms with Crippen LogP contribution in [0.15, 0.2) is 24.3 Å². The Kier molecular flexibility index (Phi) is 33.7. The summed E-state index contributed by atoms with van der Waals surface area (Å²) in [5.41, 5.74) is 0.0821. The molecular weight excluding hydrogens is 685 g/mol. The SMILES string of the molecule is CCCCCC/C=C\COC(=O)CCCCCCCC(CCCCCCCC(=O)OC/C=C\CCCCCC)CNC(=O)CC(C)(C)CC(C)(C)CN(C)C. The second-order valence-corrected chi connectivity index (χ2v) is 18.2. The number of allylic oxidation sites excluding steroid dienone is 2. The molecule has 1 N–H and O–H groups in total. The number of hydrogen-bond acceptors (Lipinski definition) is 6. The van der Waals surface area contributed by atoms with E-state index in [9.17, 15) is 14.4 Å². The van der Waals surface area contributed by atoms with E-state index >= 15 is 0 Å². The number of rotatable bonds is 38. The number of nitrogens with zero attached hydrogens (tertiary/aromatic N) is 1. The van der Waals surface area contributed by atoms with Crippen molar-refractivity contribution in [1.29, 1.82) is 0 Å². The molecule has 1 amide bonds. The average Bonchev–Trinajstić information content (AvgIpc) is 3.10. The topological polar surface area (TPSA) is 84.9 Å². The number of carbonyl (C=O) groups excluding carboxylic acids is 3. The highest BCUT2D eigenvalue weighted by molar-refractivity contribution is 5.76. The van der Waals surface area contributed by atoms with Gasteiger partial charge in [-0.05, 0) is 88.6 Å². The van der Waals surface area contributed by atoms with Crippen molar-refractivity contribution in [2.24, 2.45) is 16.7 Å². The smallest absolute Gasteiger partial charge is 0.306 e. The van der Waals surface area contributed by atoms with Gasteiger partial charge in [0, 0.05) is 32.4 Å². The average molecular weight is 775 g/mol. The molecule has 0 aliphatic carbocycles. The van der Waals surface area contributed by atoms with Crippen LogP contribution in [0, 0.1) is 16.7 Å². The highest BCUT2D eigenvalue weighted by Crippen LogP contribution is 2.36. The van der Waals surface area contributed by atoms with Gasteiger partial charge in [0.15, 0.2) is 0 Å². The predicted octanol–water partition coefficient (Wildman–Crippen LogP) is 12.7. The second kappa shape index (κ2) is 35.0. The van der Waals surface area contributed by atoms with Crippen molar-refractivity contribution in [3.05, 3.63) is 24.3 Å². The van der Waals surface area contributed by atoms with Crippen LogP contribution < -0.4 is 5.32 Å². The molecule has 0 aromatic rings. The summed E-state index contributed by atoms with van der Waals surface area (Å²) in [5.74, 6) is 0.458. The summed E-state index contributed by atoms with van der Waals surface area (Å²) in [7, 11) is 4.23. The van der Waals surface area contributed by atoms with Crippen LogP contribution in [0.4, 0.5) is 0 Å². The van der Waals surface area contributed by atoms with Gasteiger partial charge >= 0.3 is 11.9 Å². The van der Waals surface area contributed by atoms with E-state index in [2.05, 4.69) is 78.0 Å². The molecule has 55 heavy (non-hydrogen) atoms. The zero-order chi connectivity index (χ0) is 41.0. The number of amides is 1. The molecule has 0 spiro atoms. The first-order chi connectivity index (χ1) is 26.3. The largest absolute Gasteiger partial charge is 0.461 e. The summed E-state index contributed by atoms with van der Waals surface area (Å²) in [4.78, 5) is 39.6. The third kappa shape index (κ3) is 37.2. The van der Waals surface area contributed by atoms with E-state index in [1.54, 1.807) is 0 Å². The van der Waals surface area contributed by atoms with E-state index in [-0.39, 0.29) is 28.7 Å². The minimum atomic E-state index is -0.0907. The van der Waals surface area contributed by atoms with Crippen LogP contribution in [0.5, 0.6) is 0 Å². The molecule has 0 saturated carbocycles. The maximum absolute atomic E-state index is 13.2. The lowest BCUT2D eigenvalue weighted by Gasteiger charge is -2.36. The molecule has 7 heteroatoms. The number of ether oxygens (including phenoxy) is 2. The summed E-state index contributed by atoms with van der Waals surface area (Å²) in [5, 5.41) is 3.32. The molecule has 0 atom stereocenters. The molecule has 0 radical (unpaired) electrons. The molecule has 0 bridgehead atoms. The Labute approximate surface area is 341 Å². The quantitative estimate of drug-likeness (QED) is 0.0382. The van der Waals surface area contributed by atoms with Crippen molar-refractivity contribution >= 4 is 17.8 Å². The van der Waals surface area contributed by atoms with Gasteiger partial charge in [-0.25, -0.2) is 0 Å². The molecule has 0 fully saturated rings. The minimum absolute atomic E-state index is 0.0624. The summed E-state index contributed by atoms with van der Waals surface area (Å²) in [6.07, 6.45) is 35.9. The third-order valence-electron chi connectivity index (χ3n) is 10.4. The van der Waals surface area contributed by atoms with E-state index in [0.717, 1.165) is 109 Å². The number of carbonyl (C=O) groups is 3. The highest BCUT2D eigenvalue weighted by Gasteiger charge is 2.31. The van der Waals surface area contributed by atoms with Gasteiger partial charge in [0.05, 0.1) is 0 Å². The molecule has 322 valence electrons. The standard InChI is InChI=1S/C48H90N2O5/c1-9-11-13-15-17-25-31-37-54-45(52)35-29-23-19-21-27-33-43(40-49-44(51)39-47(3,4)41-48(5,6)42-50(7)8)34-28-22-20-24-30-36-46(53)55-38-32-26-18-16-14-12-10-2/h25-26,31-32,43H,9-24,27-30,33-42H2,1-8H3,(H,49,51)/b31-25-,32-26-. The van der Waals surface area contributed by atoms with Gasteiger partial charge < -0.3 is 19.7 Å². The minimum Gasteiger partial charge on any atom is -0.461 e. The zero-order valence-corrected chi connectivity index (χ0v) is 37.6. The fraction of sp³-hybridized carbons (Fsp3) is 0.854. The number of esters is 2. The van der Waals surface area contributed by atoms with Gasteiger partial charge in [-0.1, -0.05) is 156 Å². The number of hydrogen-bond donors (Lipinski definition) is 1. The first kappa shape index (κ1) is 52.9. The fourth-order valence-electron chi connectivity index (χ4n) is 8.02. The molecular formula is C48H90N2O5. The van der Waals surface area contributed by atoms with Gasteiger partial charge in [0.2, 0.25) is 5.91 Å². The van der Waals surface area contributed by atoms with Crippen molar-refractivity contribution in [2.75, 3.05) is 40.4 Å². The van der Waals surface area contributed by atoms with Gasteiger partial charge in [-0.2, -0.15) is 0 Å². The van der Waals surface area contributed by atoms with Crippen LogP contribution in [0.2, 0.25) is 0 Å². The lowest BCUT2D eigenvalue weighted by Crippen LogP contribution is -2.37. The van der Waals surface area contributed by atoms with Crippen LogP contribution >= 0.6 is 0 Å². The summed E-state index contributed by atoms with van der Waals surface area (Å²) < 4.78 is 10.7. The maximum atomic E-state index is 13.2. The van der Waals surface area contributed by atoms with Gasteiger partial charge in [0.25, 0.3) is 0 Å². The molecule has 0 rings (SSSR count). The Hall–Kier alpha value is -2.15. The molecule has 0 heterocycles. The maximum Gasteiger partial charge on any atom is 0.306 e. The van der Waals surface area contributed by atoms with Gasteiger partial charge in [-0.15, -0.1) is 0 Å². The molecule has 0 saturated heterocycles. The summed E-state index contributed by atoms with van der Waals surface area (Å²) in [6.45, 7) is 16.0. The second-order valence-electron chi connectivity index (χ2n) is 18.2. The highest BCUT2D eigenvalue weighted by atomic mass is 16.5. The lowest BCUT2D eigenvalue weighted by molar-refractivity contribution is -0.143. The first-order valence-electron chi connectivity index (χ1n) is 22.8. The Bertz CT molecular complexity index is 950. The monoisotopic (exact) mass is 775 g/mol. The predicted molar refractivity (Wildman–Crippen MR) is 234 cm³/mol. The number of nitrogens with one attached hydrogen (secondary N) is 1. The fourth-order valence-corrected chi connectivity index (χ4v) is 8.02. The molecule has 0 aromatic carbocycles. The Balaban J connectivity index is 4.55. The Morgan fingerprint density at radius 3 is 1.47 bits per heavy atom. The Morgan fingerprint density at radius 2 is 1.02 bits per heavy atom. The normalized spacial score (nSPS) is 12.4. The zero-order valence-electron chi connectivity index (χ0n) is 37.6. The number of unbranched alkanes of at least 4 members (excludes halogenated alkanes) is 16. The van der Waals surface area contributed by atoms with Crippen molar-refractivity contribution in [2.45, 2.75) is 208 Å². The van der Waals surface area contributed by atoms with E-state index < -0.39 is 0 Å². The lowest BCUT2D eigenvalue weighted by atomic mass is 9.73. The van der Waals surface area contributed by atoms with Gasteiger partial charge in [-0.3, -0.25) is 14.4 Å². The summed E-state index contributed by atoms with van der Waals surface area (Å²) in [6, 6.07) is 0. The van der Waals surface area contributed by atoms with E-state index in [4.69, 9.17) is 9.47 Å². The molecule has 0 aliphatic heterocycles. The van der Waals surface area contributed by atoms with Crippen LogP contribution in [0.3, 0.4) is 0 Å². The molecule has 7 nitrogen and oxygen atoms in total. The van der Waals surface area contributed by atoms with E-state index in [1.165, 1.54) is 51.4 Å². The van der Waals surface area contributed by atoms with Crippen LogP contribution in [0.1, 0.15) is 208 Å². The van der Waals surface area contributed by atoms with Crippen molar-refractivity contribution in [3.8, 4) is 0 Å². The Morgan fingerprint density at radius 1 is 0.582 bits per heavy atom. The molecule has 0 aliphatic rings. The van der Waals surface area contributed by atoms with Crippen LogP contribution in [-0.4, -0.2) is 63.1 Å². The van der Waals surface area contributed by atoms with E-state index in [0.29, 0.717) is 38.4 Å². The summed E-state index contributed by atoms with van der Waals surface area (Å²) >= 11 is 0. The van der Waals surface area contributed by atoms with E-state index in [1.807, 2.05) is 12.2 Å². The van der Waals surface area contributed by atoms with Gasteiger partial charge in [0.1, 0.15) is 13.2 Å². The van der Waals surface area contributed by atoms with Crippen molar-refractivity contribution in [1.82, 2.24) is 10.2 Å². The molecule has 0 aromatic heterocycles. The van der Waals surface area contributed by atoms with Crippen LogP contribution in [-0.2, 0) is 23.9 Å². The first-order valence-corrected chi connectivity index (χ1v) is 22.8. The van der Waals surface area contributed by atoms with Crippen molar-refractivity contribution < 1.29 is 23.9 Å². The third-order valence-corrected chi connectivity index (χ3v) is 10.4. The van der Waals surface area contributed by atoms with Crippen molar-refractivity contribution in [3.63, 3.8) is 0 Å². The van der Waals surface area contributed by atoms with Crippen LogP contribution in [0.25, 0.3) is 0 Å².